The fraction of sp³-hybridized carbons (Fsp3) is 0.364. The molecule has 0 bridgehead atoms. The average Bonchev–Trinajstić information content (AvgIpc) is 2.25. The Bertz CT molecular complexity index is 279. The van der Waals surface area contributed by atoms with Gasteiger partial charge in [-0.15, -0.1) is 18.2 Å². The van der Waals surface area contributed by atoms with E-state index in [2.05, 4.69) is 22.3 Å². The second-order valence-electron chi connectivity index (χ2n) is 2.79. The summed E-state index contributed by atoms with van der Waals surface area (Å²) in [5.74, 6) is 4.46. The standard InChI is InChI=1S/C11H14N2S/c1-2-7-14-8-6-13-10-11-4-3-5-12-9-11/h1,3-5,9,13H,6-8,10H2. The third-order valence-electron chi connectivity index (χ3n) is 1.66. The van der Waals surface area contributed by atoms with Gasteiger partial charge >= 0.3 is 0 Å². The van der Waals surface area contributed by atoms with Crippen LogP contribution in [0.4, 0.5) is 0 Å². The van der Waals surface area contributed by atoms with E-state index >= 15 is 0 Å². The van der Waals surface area contributed by atoms with Crippen molar-refractivity contribution in [3.8, 4) is 12.3 Å². The van der Waals surface area contributed by atoms with Gasteiger partial charge in [-0.05, 0) is 11.6 Å². The Kier molecular flexibility index (Phi) is 5.89. The first-order valence-electron chi connectivity index (χ1n) is 4.54. The number of terminal acetylenes is 1. The molecule has 1 heterocycles. The Morgan fingerprint density at radius 1 is 1.57 bits per heavy atom. The molecule has 0 aliphatic carbocycles. The predicted molar refractivity (Wildman–Crippen MR) is 62.1 cm³/mol. The molecule has 0 spiro atoms. The Balaban J connectivity index is 2.03. The lowest BCUT2D eigenvalue weighted by molar-refractivity contribution is 0.730. The summed E-state index contributed by atoms with van der Waals surface area (Å²) in [4.78, 5) is 4.04. The maximum Gasteiger partial charge on any atom is 0.0545 e. The van der Waals surface area contributed by atoms with Crippen LogP contribution in [-0.2, 0) is 6.54 Å². The molecule has 0 aliphatic rings. The third-order valence-corrected chi connectivity index (χ3v) is 2.52. The van der Waals surface area contributed by atoms with E-state index < -0.39 is 0 Å². The molecule has 2 nitrogen and oxygen atoms in total. The zero-order chi connectivity index (χ0) is 10.1. The van der Waals surface area contributed by atoms with E-state index in [1.165, 1.54) is 5.56 Å². The lowest BCUT2D eigenvalue weighted by atomic mass is 10.3. The molecule has 1 rings (SSSR count). The highest BCUT2D eigenvalue weighted by Gasteiger charge is 1.90. The van der Waals surface area contributed by atoms with Crippen molar-refractivity contribution in [2.75, 3.05) is 18.1 Å². The van der Waals surface area contributed by atoms with Gasteiger partial charge in [-0.1, -0.05) is 12.0 Å². The molecule has 0 radical (unpaired) electrons. The maximum atomic E-state index is 5.13. The molecule has 0 aromatic carbocycles. The van der Waals surface area contributed by atoms with Crippen molar-refractivity contribution in [2.45, 2.75) is 6.54 Å². The normalized spacial score (nSPS) is 9.64. The Morgan fingerprint density at radius 2 is 2.50 bits per heavy atom. The molecule has 0 saturated heterocycles. The van der Waals surface area contributed by atoms with Crippen LogP contribution < -0.4 is 5.32 Å². The lowest BCUT2D eigenvalue weighted by Gasteiger charge is -2.02. The van der Waals surface area contributed by atoms with Gasteiger partial charge in [0.25, 0.3) is 0 Å². The predicted octanol–water partition coefficient (Wildman–Crippen LogP) is 1.54. The summed E-state index contributed by atoms with van der Waals surface area (Å²) in [6, 6.07) is 4.01. The molecule has 0 fully saturated rings. The number of aromatic nitrogens is 1. The van der Waals surface area contributed by atoms with Gasteiger partial charge in [0, 0.05) is 31.2 Å². The SMILES string of the molecule is C#CCSCCNCc1cccnc1. The van der Waals surface area contributed by atoms with Crippen molar-refractivity contribution in [1.29, 1.82) is 0 Å². The van der Waals surface area contributed by atoms with Gasteiger partial charge in [0.15, 0.2) is 0 Å². The molecule has 1 N–H and O–H groups in total. The van der Waals surface area contributed by atoms with Crippen molar-refractivity contribution in [1.82, 2.24) is 10.3 Å². The number of thioether (sulfide) groups is 1. The fourth-order valence-electron chi connectivity index (χ4n) is 1.01. The molecule has 0 amide bonds. The molecule has 14 heavy (non-hydrogen) atoms. The molecule has 74 valence electrons. The Labute approximate surface area is 89.5 Å². The van der Waals surface area contributed by atoms with E-state index in [-0.39, 0.29) is 0 Å². The molecular weight excluding hydrogens is 192 g/mol. The summed E-state index contributed by atoms with van der Waals surface area (Å²) in [7, 11) is 0. The fourth-order valence-corrected chi connectivity index (χ4v) is 1.56. The first kappa shape index (κ1) is 11.1. The summed E-state index contributed by atoms with van der Waals surface area (Å²) >= 11 is 1.77. The Morgan fingerprint density at radius 3 is 3.21 bits per heavy atom. The van der Waals surface area contributed by atoms with Crippen LogP contribution in [0, 0.1) is 12.3 Å². The smallest absolute Gasteiger partial charge is 0.0545 e. The first-order chi connectivity index (χ1) is 6.93. The molecule has 0 aliphatic heterocycles. The van der Waals surface area contributed by atoms with Crippen molar-refractivity contribution in [3.63, 3.8) is 0 Å². The highest BCUT2D eigenvalue weighted by atomic mass is 32.2. The second kappa shape index (κ2) is 7.43. The first-order valence-corrected chi connectivity index (χ1v) is 5.70. The number of hydrogen-bond acceptors (Lipinski definition) is 3. The molecule has 0 unspecified atom stereocenters. The number of nitrogens with zero attached hydrogens (tertiary/aromatic N) is 1. The largest absolute Gasteiger partial charge is 0.312 e. The van der Waals surface area contributed by atoms with E-state index in [1.54, 1.807) is 18.0 Å². The van der Waals surface area contributed by atoms with Crippen LogP contribution in [0.2, 0.25) is 0 Å². The van der Waals surface area contributed by atoms with Gasteiger partial charge in [-0.25, -0.2) is 0 Å². The van der Waals surface area contributed by atoms with E-state index in [1.807, 2.05) is 12.3 Å². The van der Waals surface area contributed by atoms with Crippen molar-refractivity contribution in [2.24, 2.45) is 0 Å². The van der Waals surface area contributed by atoms with E-state index in [0.29, 0.717) is 0 Å². The number of hydrogen-bond donors (Lipinski definition) is 1. The molecule has 3 heteroatoms. The monoisotopic (exact) mass is 206 g/mol. The van der Waals surface area contributed by atoms with Crippen LogP contribution in [0.25, 0.3) is 0 Å². The van der Waals surface area contributed by atoms with Crippen LogP contribution in [0.1, 0.15) is 5.56 Å². The van der Waals surface area contributed by atoms with Gasteiger partial charge in [-0.2, -0.15) is 0 Å². The third kappa shape index (κ3) is 4.90. The highest BCUT2D eigenvalue weighted by molar-refractivity contribution is 7.99. The van der Waals surface area contributed by atoms with E-state index in [9.17, 15) is 0 Å². The summed E-state index contributed by atoms with van der Waals surface area (Å²) in [5, 5.41) is 3.33. The lowest BCUT2D eigenvalue weighted by Crippen LogP contribution is -2.16. The number of nitrogens with one attached hydrogen (secondary N) is 1. The van der Waals surface area contributed by atoms with Crippen LogP contribution in [0.15, 0.2) is 24.5 Å². The Hall–Kier alpha value is -0.980. The summed E-state index contributed by atoms with van der Waals surface area (Å²) in [5.41, 5.74) is 1.22. The van der Waals surface area contributed by atoms with Crippen LogP contribution >= 0.6 is 11.8 Å². The summed E-state index contributed by atoms with van der Waals surface area (Å²) < 4.78 is 0. The molecular formula is C11H14N2S. The zero-order valence-electron chi connectivity index (χ0n) is 8.07. The minimum atomic E-state index is 0.800. The quantitative estimate of drug-likeness (QED) is 0.564. The summed E-state index contributed by atoms with van der Waals surface area (Å²) in [6.45, 7) is 1.87. The van der Waals surface area contributed by atoms with Crippen LogP contribution in [0.3, 0.4) is 0 Å². The van der Waals surface area contributed by atoms with Gasteiger partial charge < -0.3 is 5.32 Å². The minimum Gasteiger partial charge on any atom is -0.312 e. The minimum absolute atomic E-state index is 0.800. The average molecular weight is 206 g/mol. The summed E-state index contributed by atoms with van der Waals surface area (Å²) in [6.07, 6.45) is 8.80. The maximum absolute atomic E-state index is 5.13. The van der Waals surface area contributed by atoms with E-state index in [0.717, 1.165) is 24.6 Å². The van der Waals surface area contributed by atoms with Crippen molar-refractivity contribution in [3.05, 3.63) is 30.1 Å². The van der Waals surface area contributed by atoms with Gasteiger partial charge in [-0.3, -0.25) is 4.98 Å². The van der Waals surface area contributed by atoms with Crippen molar-refractivity contribution < 1.29 is 0 Å². The number of pyridine rings is 1. The molecule has 1 aromatic heterocycles. The molecule has 1 aromatic rings. The second-order valence-corrected chi connectivity index (χ2v) is 3.90. The topological polar surface area (TPSA) is 24.9 Å². The highest BCUT2D eigenvalue weighted by Crippen LogP contribution is 1.97. The molecule has 0 atom stereocenters. The van der Waals surface area contributed by atoms with Gasteiger partial charge in [0.05, 0.1) is 5.75 Å². The van der Waals surface area contributed by atoms with Crippen LogP contribution in [0.5, 0.6) is 0 Å². The molecule has 0 saturated carbocycles. The van der Waals surface area contributed by atoms with Gasteiger partial charge in [0.1, 0.15) is 0 Å². The van der Waals surface area contributed by atoms with Crippen LogP contribution in [-0.4, -0.2) is 23.0 Å². The zero-order valence-corrected chi connectivity index (χ0v) is 8.89. The van der Waals surface area contributed by atoms with E-state index in [4.69, 9.17) is 6.42 Å². The van der Waals surface area contributed by atoms with Gasteiger partial charge in [0.2, 0.25) is 0 Å². The van der Waals surface area contributed by atoms with Crippen molar-refractivity contribution >= 4 is 11.8 Å². The number of rotatable bonds is 6.